The minimum absolute atomic E-state index is 0.0607. The molecule has 0 aliphatic rings. The SMILES string of the molecule is COc1ccc2cc(C(=O)NCC(=O)NC(C)(C)C)[nH]c2c1. The molecule has 2 rings (SSSR count). The van der Waals surface area contributed by atoms with E-state index in [9.17, 15) is 9.59 Å². The lowest BCUT2D eigenvalue weighted by atomic mass is 10.1. The molecule has 0 fully saturated rings. The van der Waals surface area contributed by atoms with E-state index in [1.807, 2.05) is 39.0 Å². The second-order valence-corrected chi connectivity index (χ2v) is 6.12. The number of aromatic nitrogens is 1. The molecule has 0 unspecified atom stereocenters. The molecule has 0 saturated heterocycles. The Hall–Kier alpha value is -2.50. The van der Waals surface area contributed by atoms with Crippen LogP contribution in [0.3, 0.4) is 0 Å². The highest BCUT2D eigenvalue weighted by atomic mass is 16.5. The summed E-state index contributed by atoms with van der Waals surface area (Å²) in [7, 11) is 1.59. The number of H-pyrrole nitrogens is 1. The summed E-state index contributed by atoms with van der Waals surface area (Å²) in [5.41, 5.74) is 0.898. The second-order valence-electron chi connectivity index (χ2n) is 6.12. The Morgan fingerprint density at radius 2 is 1.95 bits per heavy atom. The van der Waals surface area contributed by atoms with E-state index in [4.69, 9.17) is 4.74 Å². The van der Waals surface area contributed by atoms with Gasteiger partial charge < -0.3 is 20.4 Å². The second kappa shape index (κ2) is 6.09. The van der Waals surface area contributed by atoms with Gasteiger partial charge in [-0.1, -0.05) is 0 Å². The largest absolute Gasteiger partial charge is 0.497 e. The van der Waals surface area contributed by atoms with Crippen molar-refractivity contribution in [2.75, 3.05) is 13.7 Å². The van der Waals surface area contributed by atoms with Crippen molar-refractivity contribution in [3.05, 3.63) is 30.0 Å². The van der Waals surface area contributed by atoms with Gasteiger partial charge in [-0.05, 0) is 39.0 Å². The lowest BCUT2D eigenvalue weighted by Gasteiger charge is -2.20. The van der Waals surface area contributed by atoms with Crippen molar-refractivity contribution in [1.29, 1.82) is 0 Å². The van der Waals surface area contributed by atoms with Crippen LogP contribution in [-0.4, -0.2) is 36.0 Å². The van der Waals surface area contributed by atoms with E-state index in [1.165, 1.54) is 0 Å². The van der Waals surface area contributed by atoms with Crippen LogP contribution in [-0.2, 0) is 4.79 Å². The van der Waals surface area contributed by atoms with Crippen LogP contribution in [0, 0.1) is 0 Å². The molecule has 0 saturated carbocycles. The number of benzene rings is 1. The zero-order valence-corrected chi connectivity index (χ0v) is 13.2. The molecule has 1 heterocycles. The Morgan fingerprint density at radius 3 is 2.59 bits per heavy atom. The number of hydrogen-bond acceptors (Lipinski definition) is 3. The highest BCUT2D eigenvalue weighted by molar-refractivity contribution is 5.99. The third-order valence-corrected chi connectivity index (χ3v) is 3.00. The average Bonchev–Trinajstić information content (AvgIpc) is 2.85. The molecule has 0 atom stereocenters. The first kappa shape index (κ1) is 15.9. The van der Waals surface area contributed by atoms with Crippen molar-refractivity contribution in [3.8, 4) is 5.75 Å². The Kier molecular flexibility index (Phi) is 4.40. The quantitative estimate of drug-likeness (QED) is 0.805. The maximum atomic E-state index is 12.1. The fraction of sp³-hybridized carbons (Fsp3) is 0.375. The van der Waals surface area contributed by atoms with Crippen LogP contribution in [0.15, 0.2) is 24.3 Å². The van der Waals surface area contributed by atoms with E-state index >= 15 is 0 Å². The number of carbonyl (C=O) groups is 2. The van der Waals surface area contributed by atoms with Crippen LogP contribution in [0.4, 0.5) is 0 Å². The molecule has 118 valence electrons. The molecule has 0 spiro atoms. The molecule has 22 heavy (non-hydrogen) atoms. The molecule has 0 aliphatic carbocycles. The first-order chi connectivity index (χ1) is 10.3. The van der Waals surface area contributed by atoms with E-state index in [-0.39, 0.29) is 23.9 Å². The molecule has 2 aromatic rings. The van der Waals surface area contributed by atoms with Gasteiger partial charge in [-0.3, -0.25) is 9.59 Å². The smallest absolute Gasteiger partial charge is 0.268 e. The number of amides is 2. The van der Waals surface area contributed by atoms with Crippen molar-refractivity contribution in [3.63, 3.8) is 0 Å². The Morgan fingerprint density at radius 1 is 1.23 bits per heavy atom. The minimum atomic E-state index is -0.320. The van der Waals surface area contributed by atoms with Gasteiger partial charge >= 0.3 is 0 Å². The zero-order chi connectivity index (χ0) is 16.3. The van der Waals surface area contributed by atoms with E-state index in [2.05, 4.69) is 15.6 Å². The minimum Gasteiger partial charge on any atom is -0.497 e. The number of methoxy groups -OCH3 is 1. The lowest BCUT2D eigenvalue weighted by molar-refractivity contribution is -0.121. The van der Waals surface area contributed by atoms with Crippen molar-refractivity contribution < 1.29 is 14.3 Å². The maximum absolute atomic E-state index is 12.1. The molecule has 6 heteroatoms. The van der Waals surface area contributed by atoms with Gasteiger partial charge in [0.05, 0.1) is 13.7 Å². The summed E-state index contributed by atoms with van der Waals surface area (Å²) in [6.45, 7) is 5.60. The predicted octanol–water partition coefficient (Wildman–Crippen LogP) is 1.82. The summed E-state index contributed by atoms with van der Waals surface area (Å²) in [5.74, 6) is 0.170. The zero-order valence-electron chi connectivity index (χ0n) is 13.2. The normalized spacial score (nSPS) is 11.3. The van der Waals surface area contributed by atoms with Crippen LogP contribution in [0.1, 0.15) is 31.3 Å². The van der Waals surface area contributed by atoms with Crippen LogP contribution >= 0.6 is 0 Å². The van der Waals surface area contributed by atoms with Gasteiger partial charge in [0.1, 0.15) is 11.4 Å². The Balaban J connectivity index is 2.02. The van der Waals surface area contributed by atoms with Gasteiger partial charge in [0.15, 0.2) is 0 Å². The number of nitrogens with one attached hydrogen (secondary N) is 3. The number of aromatic amines is 1. The summed E-state index contributed by atoms with van der Waals surface area (Å²) in [6, 6.07) is 7.26. The van der Waals surface area contributed by atoms with Gasteiger partial charge in [0, 0.05) is 22.5 Å². The van der Waals surface area contributed by atoms with Crippen molar-refractivity contribution in [2.24, 2.45) is 0 Å². The number of fused-ring (bicyclic) bond motifs is 1. The van der Waals surface area contributed by atoms with Gasteiger partial charge in [-0.25, -0.2) is 0 Å². The Labute approximate surface area is 129 Å². The van der Waals surface area contributed by atoms with Gasteiger partial charge in [0.25, 0.3) is 5.91 Å². The predicted molar refractivity (Wildman–Crippen MR) is 85.1 cm³/mol. The summed E-state index contributed by atoms with van der Waals surface area (Å²) >= 11 is 0. The van der Waals surface area contributed by atoms with Gasteiger partial charge in [-0.15, -0.1) is 0 Å². The molecule has 1 aromatic carbocycles. The van der Waals surface area contributed by atoms with E-state index < -0.39 is 0 Å². The first-order valence-corrected chi connectivity index (χ1v) is 7.04. The third kappa shape index (κ3) is 4.00. The van der Waals surface area contributed by atoms with Crippen LogP contribution in [0.25, 0.3) is 10.9 Å². The van der Waals surface area contributed by atoms with Gasteiger partial charge in [0.2, 0.25) is 5.91 Å². The van der Waals surface area contributed by atoms with Crippen molar-refractivity contribution >= 4 is 22.7 Å². The summed E-state index contributed by atoms with van der Waals surface area (Å²) in [6.07, 6.45) is 0. The molecule has 1 aromatic heterocycles. The summed E-state index contributed by atoms with van der Waals surface area (Å²) < 4.78 is 5.14. The first-order valence-electron chi connectivity index (χ1n) is 7.04. The van der Waals surface area contributed by atoms with Crippen LogP contribution in [0.5, 0.6) is 5.75 Å². The van der Waals surface area contributed by atoms with Crippen LogP contribution < -0.4 is 15.4 Å². The summed E-state index contributed by atoms with van der Waals surface area (Å²) in [4.78, 5) is 26.8. The highest BCUT2D eigenvalue weighted by Gasteiger charge is 2.15. The van der Waals surface area contributed by atoms with Gasteiger partial charge in [-0.2, -0.15) is 0 Å². The fourth-order valence-electron chi connectivity index (χ4n) is 2.07. The highest BCUT2D eigenvalue weighted by Crippen LogP contribution is 2.21. The monoisotopic (exact) mass is 303 g/mol. The van der Waals surface area contributed by atoms with E-state index in [0.29, 0.717) is 11.4 Å². The number of rotatable bonds is 4. The molecule has 6 nitrogen and oxygen atoms in total. The van der Waals surface area contributed by atoms with Crippen LogP contribution in [0.2, 0.25) is 0 Å². The molecular formula is C16H21N3O3. The molecule has 0 radical (unpaired) electrons. The number of ether oxygens (including phenoxy) is 1. The number of carbonyl (C=O) groups excluding carboxylic acids is 2. The standard InChI is InChI=1S/C16H21N3O3/c1-16(2,3)19-14(20)9-17-15(21)13-7-10-5-6-11(22-4)8-12(10)18-13/h5-8,18H,9H2,1-4H3,(H,17,21)(H,19,20). The third-order valence-electron chi connectivity index (χ3n) is 3.00. The molecule has 0 aliphatic heterocycles. The summed E-state index contributed by atoms with van der Waals surface area (Å²) in [5, 5.41) is 6.29. The van der Waals surface area contributed by atoms with E-state index in [0.717, 1.165) is 10.9 Å². The topological polar surface area (TPSA) is 83.2 Å². The number of hydrogen-bond donors (Lipinski definition) is 3. The average molecular weight is 303 g/mol. The molecule has 2 amide bonds. The maximum Gasteiger partial charge on any atom is 0.268 e. The molecule has 0 bridgehead atoms. The van der Waals surface area contributed by atoms with Crippen molar-refractivity contribution in [1.82, 2.24) is 15.6 Å². The Bertz CT molecular complexity index is 698. The molecular weight excluding hydrogens is 282 g/mol. The fourth-order valence-corrected chi connectivity index (χ4v) is 2.07. The van der Waals surface area contributed by atoms with Crippen molar-refractivity contribution in [2.45, 2.75) is 26.3 Å². The van der Waals surface area contributed by atoms with E-state index in [1.54, 1.807) is 13.2 Å². The molecule has 3 N–H and O–H groups in total. The lowest BCUT2D eigenvalue weighted by Crippen LogP contribution is -2.45.